The third kappa shape index (κ3) is 1.60. The van der Waals surface area contributed by atoms with Gasteiger partial charge in [-0.25, -0.2) is 9.97 Å². The van der Waals surface area contributed by atoms with Crippen molar-refractivity contribution < 1.29 is 9.63 Å². The Bertz CT molecular complexity index is 412. The number of aliphatic hydroxyl groups excluding tert-OH is 1. The number of aromatic nitrogens is 4. The summed E-state index contributed by atoms with van der Waals surface area (Å²) in [6.45, 7) is 1.54. The molecule has 0 spiro atoms. The van der Waals surface area contributed by atoms with Crippen LogP contribution in [-0.2, 0) is 0 Å². The molecule has 1 N–H and O–H groups in total. The van der Waals surface area contributed by atoms with E-state index in [1.54, 1.807) is 25.4 Å². The molecule has 0 bridgehead atoms. The van der Waals surface area contributed by atoms with Crippen molar-refractivity contribution in [3.05, 3.63) is 24.4 Å². The summed E-state index contributed by atoms with van der Waals surface area (Å²) in [4.78, 5) is 11.8. The first-order chi connectivity index (χ1) is 6.77. The van der Waals surface area contributed by atoms with Crippen molar-refractivity contribution in [3.8, 4) is 11.6 Å². The summed E-state index contributed by atoms with van der Waals surface area (Å²) in [7, 11) is 0. The normalized spacial score (nSPS) is 12.7. The van der Waals surface area contributed by atoms with Gasteiger partial charge in [-0.1, -0.05) is 5.16 Å². The fourth-order valence-corrected chi connectivity index (χ4v) is 0.910. The Balaban J connectivity index is 2.34. The van der Waals surface area contributed by atoms with Crippen LogP contribution in [0, 0.1) is 0 Å². The Morgan fingerprint density at radius 1 is 1.29 bits per heavy atom. The van der Waals surface area contributed by atoms with Crippen LogP contribution in [0.25, 0.3) is 11.6 Å². The summed E-state index contributed by atoms with van der Waals surface area (Å²) in [5, 5.41) is 12.8. The van der Waals surface area contributed by atoms with Crippen LogP contribution in [0.1, 0.15) is 18.9 Å². The van der Waals surface area contributed by atoms with E-state index in [1.165, 1.54) is 0 Å². The summed E-state index contributed by atoms with van der Waals surface area (Å²) in [6.07, 6.45) is 2.39. The van der Waals surface area contributed by atoms with Crippen LogP contribution in [0.4, 0.5) is 0 Å². The Morgan fingerprint density at radius 3 is 2.57 bits per heavy atom. The van der Waals surface area contributed by atoms with E-state index in [2.05, 4.69) is 20.1 Å². The Hall–Kier alpha value is -1.82. The molecule has 0 fully saturated rings. The van der Waals surface area contributed by atoms with E-state index in [-0.39, 0.29) is 11.7 Å². The van der Waals surface area contributed by atoms with Crippen molar-refractivity contribution >= 4 is 0 Å². The van der Waals surface area contributed by atoms with Crippen LogP contribution in [0.2, 0.25) is 0 Å². The average Bonchev–Trinajstić information content (AvgIpc) is 2.68. The van der Waals surface area contributed by atoms with Gasteiger partial charge < -0.3 is 9.63 Å². The van der Waals surface area contributed by atoms with Gasteiger partial charge in [-0.2, -0.15) is 4.98 Å². The molecule has 0 amide bonds. The first-order valence-corrected chi connectivity index (χ1v) is 4.06. The maximum atomic E-state index is 9.15. The van der Waals surface area contributed by atoms with E-state index in [9.17, 15) is 0 Å². The molecule has 0 saturated heterocycles. The number of rotatable bonds is 2. The molecule has 72 valence electrons. The zero-order valence-corrected chi connectivity index (χ0v) is 7.45. The van der Waals surface area contributed by atoms with E-state index in [1.807, 2.05) is 0 Å². The average molecular weight is 192 g/mol. The third-order valence-electron chi connectivity index (χ3n) is 1.56. The van der Waals surface area contributed by atoms with E-state index in [0.717, 1.165) is 0 Å². The first-order valence-electron chi connectivity index (χ1n) is 4.06. The molecule has 2 aromatic heterocycles. The van der Waals surface area contributed by atoms with Crippen LogP contribution in [0.3, 0.4) is 0 Å². The molecule has 0 aliphatic carbocycles. The second-order valence-electron chi connectivity index (χ2n) is 2.70. The molecule has 0 aliphatic heterocycles. The number of aliphatic hydroxyl groups is 1. The van der Waals surface area contributed by atoms with Crippen LogP contribution in [-0.4, -0.2) is 25.2 Å². The van der Waals surface area contributed by atoms with E-state index < -0.39 is 6.10 Å². The van der Waals surface area contributed by atoms with Crippen molar-refractivity contribution in [1.29, 1.82) is 0 Å². The zero-order valence-electron chi connectivity index (χ0n) is 7.45. The maximum Gasteiger partial charge on any atom is 0.255 e. The lowest BCUT2D eigenvalue weighted by molar-refractivity contribution is 0.152. The third-order valence-corrected chi connectivity index (χ3v) is 1.56. The van der Waals surface area contributed by atoms with Crippen molar-refractivity contribution in [2.24, 2.45) is 0 Å². The minimum Gasteiger partial charge on any atom is -0.384 e. The minimum atomic E-state index is -0.778. The molecular weight excluding hydrogens is 184 g/mol. The highest BCUT2D eigenvalue weighted by Gasteiger charge is 2.13. The molecule has 1 atom stereocenters. The van der Waals surface area contributed by atoms with Gasteiger partial charge in [0.2, 0.25) is 11.6 Å². The molecule has 2 rings (SSSR count). The first kappa shape index (κ1) is 8.76. The largest absolute Gasteiger partial charge is 0.384 e. The Kier molecular flexibility index (Phi) is 2.19. The zero-order chi connectivity index (χ0) is 9.97. The lowest BCUT2D eigenvalue weighted by atomic mass is 10.4. The summed E-state index contributed by atoms with van der Waals surface area (Å²) in [6, 6.07) is 1.69. The standard InChI is InChI=1S/C8H8N4O2/c1-5(13)8-11-7(12-14-8)6-9-3-2-4-10-6/h2-5,13H,1H3. The molecule has 0 radical (unpaired) electrons. The lowest BCUT2D eigenvalue weighted by Gasteiger charge is -1.92. The topological polar surface area (TPSA) is 84.9 Å². The van der Waals surface area contributed by atoms with Gasteiger partial charge in [-0.3, -0.25) is 0 Å². The molecule has 2 aromatic rings. The highest BCUT2D eigenvalue weighted by Crippen LogP contribution is 2.13. The van der Waals surface area contributed by atoms with Gasteiger partial charge in [0.05, 0.1) is 0 Å². The Morgan fingerprint density at radius 2 is 2.00 bits per heavy atom. The molecule has 1 unspecified atom stereocenters. The smallest absolute Gasteiger partial charge is 0.255 e. The lowest BCUT2D eigenvalue weighted by Crippen LogP contribution is -1.92. The van der Waals surface area contributed by atoms with Crippen molar-refractivity contribution in [2.75, 3.05) is 0 Å². The molecule has 2 heterocycles. The van der Waals surface area contributed by atoms with Gasteiger partial charge in [0.15, 0.2) is 0 Å². The molecule has 6 nitrogen and oxygen atoms in total. The quantitative estimate of drug-likeness (QED) is 0.749. The number of hydrogen-bond donors (Lipinski definition) is 1. The van der Waals surface area contributed by atoms with Gasteiger partial charge in [0, 0.05) is 12.4 Å². The highest BCUT2D eigenvalue weighted by molar-refractivity contribution is 5.40. The van der Waals surface area contributed by atoms with Crippen LogP contribution in [0.15, 0.2) is 23.0 Å². The molecule has 0 aromatic carbocycles. The summed E-state index contributed by atoms with van der Waals surface area (Å²) in [5.41, 5.74) is 0. The SMILES string of the molecule is CC(O)c1nc(-c2ncccn2)no1. The van der Waals surface area contributed by atoms with E-state index in [0.29, 0.717) is 5.82 Å². The van der Waals surface area contributed by atoms with Crippen molar-refractivity contribution in [1.82, 2.24) is 20.1 Å². The predicted molar refractivity (Wildman–Crippen MR) is 46.0 cm³/mol. The minimum absolute atomic E-state index is 0.160. The van der Waals surface area contributed by atoms with Gasteiger partial charge in [0.25, 0.3) is 5.89 Å². The molecule has 14 heavy (non-hydrogen) atoms. The van der Waals surface area contributed by atoms with Crippen LogP contribution < -0.4 is 0 Å². The van der Waals surface area contributed by atoms with E-state index in [4.69, 9.17) is 9.63 Å². The number of hydrogen-bond acceptors (Lipinski definition) is 6. The second-order valence-corrected chi connectivity index (χ2v) is 2.70. The Labute approximate surface area is 79.6 Å². The fraction of sp³-hybridized carbons (Fsp3) is 0.250. The van der Waals surface area contributed by atoms with Gasteiger partial charge in [0.1, 0.15) is 6.10 Å². The van der Waals surface area contributed by atoms with Crippen molar-refractivity contribution in [3.63, 3.8) is 0 Å². The van der Waals surface area contributed by atoms with Gasteiger partial charge in [-0.15, -0.1) is 0 Å². The molecular formula is C8H8N4O2. The maximum absolute atomic E-state index is 9.15. The fourth-order valence-electron chi connectivity index (χ4n) is 0.910. The van der Waals surface area contributed by atoms with Gasteiger partial charge in [-0.05, 0) is 13.0 Å². The van der Waals surface area contributed by atoms with Gasteiger partial charge >= 0.3 is 0 Å². The monoisotopic (exact) mass is 192 g/mol. The highest BCUT2D eigenvalue weighted by atomic mass is 16.5. The molecule has 6 heteroatoms. The van der Waals surface area contributed by atoms with Crippen LogP contribution >= 0.6 is 0 Å². The molecule has 0 saturated carbocycles. The second kappa shape index (κ2) is 3.51. The van der Waals surface area contributed by atoms with Crippen LogP contribution in [0.5, 0.6) is 0 Å². The number of nitrogens with zero attached hydrogens (tertiary/aromatic N) is 4. The predicted octanol–water partition coefficient (Wildman–Crippen LogP) is 0.580. The van der Waals surface area contributed by atoms with E-state index >= 15 is 0 Å². The summed E-state index contributed by atoms with van der Waals surface area (Å²) < 4.78 is 4.79. The summed E-state index contributed by atoms with van der Waals surface area (Å²) in [5.74, 6) is 0.817. The van der Waals surface area contributed by atoms with Crippen molar-refractivity contribution in [2.45, 2.75) is 13.0 Å². The molecule has 0 aliphatic rings. The summed E-state index contributed by atoms with van der Waals surface area (Å²) >= 11 is 0.